The predicted octanol–water partition coefficient (Wildman–Crippen LogP) is 4.27. The molecule has 1 aromatic rings. The van der Waals surface area contributed by atoms with E-state index in [1.54, 1.807) is 18.5 Å². The second-order valence-corrected chi connectivity index (χ2v) is 8.97. The summed E-state index contributed by atoms with van der Waals surface area (Å²) in [5, 5.41) is 3.27. The molecule has 0 aromatic carbocycles. The van der Waals surface area contributed by atoms with Crippen LogP contribution in [0, 0.1) is 0 Å². The number of hydrogen-bond acceptors (Lipinski definition) is 5. The highest BCUT2D eigenvalue weighted by Crippen LogP contribution is 2.39. The molecule has 2 heterocycles. The molecule has 0 bridgehead atoms. The van der Waals surface area contributed by atoms with Crippen molar-refractivity contribution in [1.29, 1.82) is 0 Å². The number of pyridine rings is 1. The lowest BCUT2D eigenvalue weighted by Crippen LogP contribution is -2.41. The third-order valence-electron chi connectivity index (χ3n) is 4.54. The number of aromatic nitrogens is 1. The first-order valence-electron chi connectivity index (χ1n) is 8.93. The number of nitrogens with zero attached hydrogens (tertiary/aromatic N) is 1. The van der Waals surface area contributed by atoms with Crippen molar-refractivity contribution in [2.24, 2.45) is 0 Å². The molecular weight excluding hydrogens is 366 g/mol. The summed E-state index contributed by atoms with van der Waals surface area (Å²) < 4.78 is 17.6. The second-order valence-electron chi connectivity index (χ2n) is 8.56. The van der Waals surface area contributed by atoms with Gasteiger partial charge in [-0.2, -0.15) is 0 Å². The fourth-order valence-corrected chi connectivity index (χ4v) is 2.56. The molecular formula is C19H28BClN2O4. The first-order chi connectivity index (χ1) is 12.3. The minimum absolute atomic E-state index is 0.199. The van der Waals surface area contributed by atoms with Gasteiger partial charge in [0.05, 0.1) is 16.2 Å². The Balaban J connectivity index is 2.25. The second kappa shape index (κ2) is 7.82. The Morgan fingerprint density at radius 3 is 2.41 bits per heavy atom. The van der Waals surface area contributed by atoms with E-state index in [4.69, 9.17) is 25.6 Å². The van der Waals surface area contributed by atoms with Crippen LogP contribution in [-0.4, -0.2) is 41.5 Å². The number of carbonyl (C=O) groups is 1. The number of amides is 1. The number of nitrogens with one attached hydrogen (secondary N) is 1. The normalized spacial score (nSPS) is 19.1. The molecule has 1 aliphatic heterocycles. The zero-order chi connectivity index (χ0) is 20.5. The van der Waals surface area contributed by atoms with Crippen LogP contribution in [-0.2, 0) is 14.0 Å². The summed E-state index contributed by atoms with van der Waals surface area (Å²) in [5.74, 6) is 0. The minimum Gasteiger partial charge on any atom is -0.444 e. The Kier molecular flexibility index (Phi) is 6.29. The molecule has 1 N–H and O–H groups in total. The van der Waals surface area contributed by atoms with Gasteiger partial charge in [-0.1, -0.05) is 17.7 Å². The molecule has 0 aliphatic carbocycles. The van der Waals surface area contributed by atoms with E-state index in [0.29, 0.717) is 5.02 Å². The maximum atomic E-state index is 12.1. The van der Waals surface area contributed by atoms with Crippen molar-refractivity contribution in [2.75, 3.05) is 6.54 Å². The van der Waals surface area contributed by atoms with Crippen molar-refractivity contribution in [3.05, 3.63) is 34.5 Å². The molecule has 0 spiro atoms. The molecule has 148 valence electrons. The van der Waals surface area contributed by atoms with Crippen molar-refractivity contribution < 1.29 is 18.8 Å². The Morgan fingerprint density at radius 1 is 1.30 bits per heavy atom. The average molecular weight is 395 g/mol. The van der Waals surface area contributed by atoms with Crippen LogP contribution in [0.15, 0.2) is 23.9 Å². The first kappa shape index (κ1) is 21.7. The fourth-order valence-electron chi connectivity index (χ4n) is 2.39. The zero-order valence-corrected chi connectivity index (χ0v) is 17.8. The van der Waals surface area contributed by atoms with Crippen LogP contribution in [0.25, 0.3) is 6.08 Å². The molecule has 1 aliphatic rings. The van der Waals surface area contributed by atoms with Crippen molar-refractivity contribution in [1.82, 2.24) is 10.3 Å². The lowest BCUT2D eigenvalue weighted by molar-refractivity contribution is 0.00578. The molecule has 27 heavy (non-hydrogen) atoms. The lowest BCUT2D eigenvalue weighted by atomic mass is 9.77. The Hall–Kier alpha value is -1.57. The van der Waals surface area contributed by atoms with E-state index in [1.165, 1.54) is 0 Å². The Morgan fingerprint density at radius 2 is 1.89 bits per heavy atom. The van der Waals surface area contributed by atoms with Gasteiger partial charge in [-0.05, 0) is 65.6 Å². The van der Waals surface area contributed by atoms with Crippen LogP contribution < -0.4 is 5.32 Å². The highest BCUT2D eigenvalue weighted by Gasteiger charge is 2.52. The molecule has 8 heteroatoms. The summed E-state index contributed by atoms with van der Waals surface area (Å²) in [4.78, 5) is 16.1. The van der Waals surface area contributed by atoms with Crippen LogP contribution in [0.4, 0.5) is 4.79 Å². The van der Waals surface area contributed by atoms with Gasteiger partial charge in [0.15, 0.2) is 0 Å². The largest absolute Gasteiger partial charge is 0.492 e. The van der Waals surface area contributed by atoms with E-state index in [1.807, 2.05) is 54.5 Å². The smallest absolute Gasteiger partial charge is 0.444 e. The van der Waals surface area contributed by atoms with E-state index in [0.717, 1.165) is 11.0 Å². The summed E-state index contributed by atoms with van der Waals surface area (Å²) in [6.45, 7) is 13.6. The SMILES string of the molecule is CC(C)(C)OC(=O)NCC(=Cc1ccncc1Cl)B1OC(C)(C)C(C)(C)O1. The third kappa shape index (κ3) is 5.70. The number of hydrogen-bond donors (Lipinski definition) is 1. The first-order valence-corrected chi connectivity index (χ1v) is 9.31. The molecule has 1 saturated heterocycles. The monoisotopic (exact) mass is 394 g/mol. The van der Waals surface area contributed by atoms with Gasteiger partial charge < -0.3 is 19.4 Å². The third-order valence-corrected chi connectivity index (χ3v) is 4.85. The summed E-state index contributed by atoms with van der Waals surface area (Å²) in [5.41, 5.74) is -0.0720. The zero-order valence-electron chi connectivity index (χ0n) is 17.1. The van der Waals surface area contributed by atoms with E-state index >= 15 is 0 Å². The topological polar surface area (TPSA) is 69.7 Å². The number of halogens is 1. The fraction of sp³-hybridized carbons (Fsp3) is 0.579. The maximum absolute atomic E-state index is 12.1. The standard InChI is InChI=1S/C19H28BClN2O4/c1-17(2,3)25-16(24)23-11-14(10-13-8-9-22-12-15(13)21)20-26-18(4,5)19(6,7)27-20/h8-10,12H,11H2,1-7H3,(H,23,24). The van der Waals surface area contributed by atoms with Gasteiger partial charge in [0.2, 0.25) is 0 Å². The molecule has 0 atom stereocenters. The van der Waals surface area contributed by atoms with Gasteiger partial charge in [-0.25, -0.2) is 4.79 Å². The van der Waals surface area contributed by atoms with Gasteiger partial charge in [0.1, 0.15) is 5.60 Å². The molecule has 2 rings (SSSR count). The van der Waals surface area contributed by atoms with Gasteiger partial charge in [0, 0.05) is 18.9 Å². The van der Waals surface area contributed by atoms with E-state index in [2.05, 4.69) is 10.3 Å². The number of alkyl carbamates (subject to hydrolysis) is 1. The molecule has 6 nitrogen and oxygen atoms in total. The van der Waals surface area contributed by atoms with E-state index < -0.39 is 30.0 Å². The van der Waals surface area contributed by atoms with Crippen molar-refractivity contribution in [2.45, 2.75) is 65.3 Å². The van der Waals surface area contributed by atoms with E-state index in [-0.39, 0.29) is 6.54 Å². The van der Waals surface area contributed by atoms with Gasteiger partial charge in [0.25, 0.3) is 0 Å². The molecule has 1 aromatic heterocycles. The lowest BCUT2D eigenvalue weighted by Gasteiger charge is -2.32. The summed E-state index contributed by atoms with van der Waals surface area (Å²) in [7, 11) is -0.617. The van der Waals surface area contributed by atoms with Crippen LogP contribution in [0.3, 0.4) is 0 Å². The van der Waals surface area contributed by atoms with Crippen LogP contribution in [0.5, 0.6) is 0 Å². The summed E-state index contributed by atoms with van der Waals surface area (Å²) in [6, 6.07) is 1.79. The highest BCUT2D eigenvalue weighted by molar-refractivity contribution is 6.56. The van der Waals surface area contributed by atoms with Crippen molar-refractivity contribution in [3.63, 3.8) is 0 Å². The maximum Gasteiger partial charge on any atom is 0.492 e. The van der Waals surface area contributed by atoms with Crippen LogP contribution in [0.1, 0.15) is 54.0 Å². The van der Waals surface area contributed by atoms with Gasteiger partial charge in [-0.15, -0.1) is 0 Å². The average Bonchev–Trinajstić information content (AvgIpc) is 2.71. The molecule has 0 radical (unpaired) electrons. The highest BCUT2D eigenvalue weighted by atomic mass is 35.5. The summed E-state index contributed by atoms with van der Waals surface area (Å²) >= 11 is 6.24. The molecule has 1 fully saturated rings. The molecule has 0 saturated carbocycles. The quantitative estimate of drug-likeness (QED) is 0.772. The summed E-state index contributed by atoms with van der Waals surface area (Å²) in [6.07, 6.45) is 4.56. The minimum atomic E-state index is -0.617. The Labute approximate surface area is 166 Å². The van der Waals surface area contributed by atoms with Crippen LogP contribution >= 0.6 is 11.6 Å². The number of rotatable bonds is 4. The molecule has 0 unspecified atom stereocenters. The van der Waals surface area contributed by atoms with Crippen LogP contribution in [0.2, 0.25) is 5.02 Å². The van der Waals surface area contributed by atoms with Crippen molar-refractivity contribution >= 4 is 30.9 Å². The van der Waals surface area contributed by atoms with Gasteiger partial charge in [-0.3, -0.25) is 4.98 Å². The van der Waals surface area contributed by atoms with Crippen molar-refractivity contribution in [3.8, 4) is 0 Å². The van der Waals surface area contributed by atoms with E-state index in [9.17, 15) is 4.79 Å². The molecule has 1 amide bonds. The Bertz CT molecular complexity index is 713. The van der Waals surface area contributed by atoms with Gasteiger partial charge >= 0.3 is 13.2 Å². The number of carbonyl (C=O) groups excluding carboxylic acids is 1. The number of ether oxygens (including phenoxy) is 1. The predicted molar refractivity (Wildman–Crippen MR) is 108 cm³/mol.